The summed E-state index contributed by atoms with van der Waals surface area (Å²) < 4.78 is 7.58. The molecule has 0 aliphatic carbocycles. The van der Waals surface area contributed by atoms with Crippen LogP contribution in [0.2, 0.25) is 0 Å². The molecule has 0 fully saturated rings. The number of rotatable bonds is 8. The van der Waals surface area contributed by atoms with Crippen LogP contribution in [0.3, 0.4) is 0 Å². The molecule has 4 aromatic rings. The Labute approximate surface area is 221 Å². The number of carbonyl (C=O) groups is 1. The molecule has 5 rings (SSSR count). The predicted molar refractivity (Wildman–Crippen MR) is 147 cm³/mol. The Morgan fingerprint density at radius 3 is 2.27 bits per heavy atom. The third kappa shape index (κ3) is 5.62. The van der Waals surface area contributed by atoms with E-state index in [0.717, 1.165) is 22.6 Å². The number of esters is 1. The minimum Gasteiger partial charge on any atom is -0.457 e. The molecule has 1 aliphatic rings. The van der Waals surface area contributed by atoms with E-state index in [1.54, 1.807) is 11.8 Å². The van der Waals surface area contributed by atoms with Gasteiger partial charge in [-0.25, -0.2) is 9.48 Å². The van der Waals surface area contributed by atoms with Gasteiger partial charge in [0.2, 0.25) is 11.1 Å². The first-order chi connectivity index (χ1) is 18.0. The van der Waals surface area contributed by atoms with Crippen molar-refractivity contribution in [2.24, 2.45) is 0 Å². The number of fused-ring (bicyclic) bond motifs is 1. The van der Waals surface area contributed by atoms with Crippen molar-refractivity contribution in [1.82, 2.24) is 14.8 Å². The van der Waals surface area contributed by atoms with Crippen molar-refractivity contribution in [3.8, 4) is 0 Å². The van der Waals surface area contributed by atoms with E-state index in [9.17, 15) is 4.79 Å². The van der Waals surface area contributed by atoms with Crippen molar-refractivity contribution < 1.29 is 9.53 Å². The zero-order chi connectivity index (χ0) is 25.8. The second-order valence-electron chi connectivity index (χ2n) is 9.39. The van der Waals surface area contributed by atoms with Crippen LogP contribution in [0.1, 0.15) is 55.0 Å². The maximum atomic E-state index is 13.5. The third-order valence-electron chi connectivity index (χ3n) is 6.40. The lowest BCUT2D eigenvalue weighted by molar-refractivity contribution is -0.140. The summed E-state index contributed by atoms with van der Waals surface area (Å²) in [5.74, 6) is 1.42. The maximum absolute atomic E-state index is 13.5. The zero-order valence-electron chi connectivity index (χ0n) is 21.2. The van der Waals surface area contributed by atoms with E-state index in [-0.39, 0.29) is 12.6 Å². The number of anilines is 1. The zero-order valence-corrected chi connectivity index (χ0v) is 22.0. The number of nitrogens with one attached hydrogen (secondary N) is 1. The van der Waals surface area contributed by atoms with E-state index in [1.165, 1.54) is 11.1 Å². The van der Waals surface area contributed by atoms with Gasteiger partial charge in [-0.1, -0.05) is 111 Å². The van der Waals surface area contributed by atoms with Crippen LogP contribution in [0.4, 0.5) is 5.95 Å². The quantitative estimate of drug-likeness (QED) is 0.209. The van der Waals surface area contributed by atoms with Gasteiger partial charge in [0.25, 0.3) is 0 Å². The molecule has 2 heterocycles. The molecule has 188 valence electrons. The van der Waals surface area contributed by atoms with Crippen molar-refractivity contribution in [3.05, 3.63) is 118 Å². The molecule has 1 unspecified atom stereocenters. The van der Waals surface area contributed by atoms with E-state index < -0.39 is 6.04 Å². The number of thioether (sulfide) groups is 1. The number of allylic oxidation sites excluding steroid dienone is 1. The Hall–Kier alpha value is -3.84. The van der Waals surface area contributed by atoms with Gasteiger partial charge in [0.1, 0.15) is 12.6 Å². The first-order valence-corrected chi connectivity index (χ1v) is 13.4. The lowest BCUT2D eigenvalue weighted by atomic mass is 9.93. The van der Waals surface area contributed by atoms with Crippen molar-refractivity contribution in [2.45, 2.75) is 50.2 Å². The minimum absolute atomic E-state index is 0.206. The predicted octanol–water partition coefficient (Wildman–Crippen LogP) is 6.73. The SMILES string of the molecule is CC1=C(C(=O)OCc2ccccc2)C(c2ccc(C(C)C)cc2)n2nc(SCc3ccccc3)nc2N1. The van der Waals surface area contributed by atoms with Gasteiger partial charge in [0.15, 0.2) is 0 Å². The number of hydrogen-bond donors (Lipinski definition) is 1. The fraction of sp³-hybridized carbons (Fsp3) is 0.233. The van der Waals surface area contributed by atoms with Gasteiger partial charge in [-0.15, -0.1) is 5.10 Å². The Morgan fingerprint density at radius 1 is 0.973 bits per heavy atom. The van der Waals surface area contributed by atoms with Crippen LogP contribution < -0.4 is 5.32 Å². The van der Waals surface area contributed by atoms with E-state index in [1.807, 2.05) is 60.1 Å². The molecular weight excluding hydrogens is 480 g/mol. The van der Waals surface area contributed by atoms with Crippen LogP contribution in [-0.4, -0.2) is 20.7 Å². The van der Waals surface area contributed by atoms with Crippen LogP contribution in [0, 0.1) is 0 Å². The molecule has 0 spiro atoms. The number of ether oxygens (including phenoxy) is 1. The van der Waals surface area contributed by atoms with E-state index in [2.05, 4.69) is 55.6 Å². The smallest absolute Gasteiger partial charge is 0.338 e. The molecule has 0 saturated carbocycles. The number of nitrogens with zero attached hydrogens (tertiary/aromatic N) is 3. The van der Waals surface area contributed by atoms with Crippen LogP contribution >= 0.6 is 11.8 Å². The normalized spacial score (nSPS) is 14.9. The van der Waals surface area contributed by atoms with Gasteiger partial charge in [0.05, 0.1) is 5.57 Å². The number of hydrogen-bond acceptors (Lipinski definition) is 6. The van der Waals surface area contributed by atoms with Crippen molar-refractivity contribution >= 4 is 23.7 Å². The minimum atomic E-state index is -0.445. The van der Waals surface area contributed by atoms with Gasteiger partial charge in [-0.3, -0.25) is 0 Å². The van der Waals surface area contributed by atoms with Crippen molar-refractivity contribution in [1.29, 1.82) is 0 Å². The Morgan fingerprint density at radius 2 is 1.62 bits per heavy atom. The molecule has 1 N–H and O–H groups in total. The average Bonchev–Trinajstić information content (AvgIpc) is 3.33. The molecular formula is C30H30N4O2S. The van der Waals surface area contributed by atoms with E-state index in [0.29, 0.717) is 22.6 Å². The lowest BCUT2D eigenvalue weighted by Gasteiger charge is -2.28. The molecule has 0 saturated heterocycles. The number of benzene rings is 3. The summed E-state index contributed by atoms with van der Waals surface area (Å²) in [5.41, 5.74) is 5.60. The molecule has 1 aromatic heterocycles. The Balaban J connectivity index is 1.46. The first-order valence-electron chi connectivity index (χ1n) is 12.4. The largest absolute Gasteiger partial charge is 0.457 e. The highest BCUT2D eigenvalue weighted by Gasteiger charge is 2.35. The van der Waals surface area contributed by atoms with Crippen LogP contribution in [0.5, 0.6) is 0 Å². The fourth-order valence-corrected chi connectivity index (χ4v) is 5.14. The molecule has 0 amide bonds. The summed E-state index contributed by atoms with van der Waals surface area (Å²) in [7, 11) is 0. The molecule has 1 aliphatic heterocycles. The van der Waals surface area contributed by atoms with Crippen LogP contribution in [0.15, 0.2) is 101 Å². The monoisotopic (exact) mass is 510 g/mol. The fourth-order valence-electron chi connectivity index (χ4n) is 4.35. The Bertz CT molecular complexity index is 1400. The Kier molecular flexibility index (Phi) is 7.42. The average molecular weight is 511 g/mol. The highest BCUT2D eigenvalue weighted by molar-refractivity contribution is 7.98. The summed E-state index contributed by atoms with van der Waals surface area (Å²) in [4.78, 5) is 18.2. The highest BCUT2D eigenvalue weighted by Crippen LogP contribution is 2.37. The number of aromatic nitrogens is 3. The molecule has 6 nitrogen and oxygen atoms in total. The van der Waals surface area contributed by atoms with Gasteiger partial charge in [-0.2, -0.15) is 4.98 Å². The molecule has 0 bridgehead atoms. The van der Waals surface area contributed by atoms with E-state index >= 15 is 0 Å². The van der Waals surface area contributed by atoms with Gasteiger partial charge in [-0.05, 0) is 35.1 Å². The molecule has 3 aromatic carbocycles. The summed E-state index contributed by atoms with van der Waals surface area (Å²) in [6, 6.07) is 27.9. The second-order valence-corrected chi connectivity index (χ2v) is 10.3. The molecule has 1 atom stereocenters. The first kappa shape index (κ1) is 24.8. The second kappa shape index (κ2) is 11.0. The van der Waals surface area contributed by atoms with Crippen LogP contribution in [-0.2, 0) is 21.9 Å². The lowest BCUT2D eigenvalue weighted by Crippen LogP contribution is -2.29. The van der Waals surface area contributed by atoms with Crippen LogP contribution in [0.25, 0.3) is 0 Å². The van der Waals surface area contributed by atoms with Crippen molar-refractivity contribution in [2.75, 3.05) is 5.32 Å². The highest BCUT2D eigenvalue weighted by atomic mass is 32.2. The standard InChI is InChI=1S/C30H30N4O2S/c1-20(2)24-14-16-25(17-15-24)27-26(28(35)36-18-22-10-6-4-7-11-22)21(3)31-29-32-30(33-34(27)29)37-19-23-12-8-5-9-13-23/h4-17,20,27H,18-19H2,1-3H3,(H,31,32,33). The summed E-state index contributed by atoms with van der Waals surface area (Å²) in [6.07, 6.45) is 0. The maximum Gasteiger partial charge on any atom is 0.338 e. The molecule has 0 radical (unpaired) electrons. The molecule has 7 heteroatoms. The van der Waals surface area contributed by atoms with Crippen molar-refractivity contribution in [3.63, 3.8) is 0 Å². The third-order valence-corrected chi connectivity index (χ3v) is 7.30. The summed E-state index contributed by atoms with van der Waals surface area (Å²) in [6.45, 7) is 6.44. The van der Waals surface area contributed by atoms with Gasteiger partial charge >= 0.3 is 5.97 Å². The van der Waals surface area contributed by atoms with E-state index in [4.69, 9.17) is 14.8 Å². The van der Waals surface area contributed by atoms with Gasteiger partial charge in [0, 0.05) is 11.4 Å². The van der Waals surface area contributed by atoms with Gasteiger partial charge < -0.3 is 10.1 Å². The summed E-state index contributed by atoms with van der Waals surface area (Å²) >= 11 is 1.57. The molecule has 37 heavy (non-hydrogen) atoms. The topological polar surface area (TPSA) is 69.0 Å². The summed E-state index contributed by atoms with van der Waals surface area (Å²) in [5, 5.41) is 8.78. The number of carbonyl (C=O) groups excluding carboxylic acids is 1.